The maximum atomic E-state index is 12.7. The molecule has 3 rings (SSSR count). The minimum Gasteiger partial charge on any atom is -0.281 e. The van der Waals surface area contributed by atoms with Crippen LogP contribution in [-0.4, -0.2) is 44.3 Å². The lowest BCUT2D eigenvalue weighted by atomic mass is 10.2. The predicted octanol–water partition coefficient (Wildman–Crippen LogP) is 4.32. The molecule has 0 saturated carbocycles. The number of halogens is 2. The summed E-state index contributed by atoms with van der Waals surface area (Å²) >= 11 is 11.9. The second kappa shape index (κ2) is 9.16. The van der Waals surface area contributed by atoms with Gasteiger partial charge in [0, 0.05) is 34.2 Å². The van der Waals surface area contributed by atoms with Crippen molar-refractivity contribution < 1.29 is 21.4 Å². The Labute approximate surface area is 202 Å². The SMILES string of the molecule is Cc1cc(C)nc([N+](C)(CS(=O)(=O)O)c2ccc(NS(=O)(=O)c3ccc(Cl)cc3Cl)cc2)n1. The molecule has 0 aliphatic heterocycles. The van der Waals surface area contributed by atoms with Crippen molar-refractivity contribution in [3.8, 4) is 0 Å². The lowest BCUT2D eigenvalue weighted by molar-refractivity contribution is 0.429. The molecule has 0 amide bonds. The van der Waals surface area contributed by atoms with Crippen LogP contribution < -0.4 is 9.21 Å². The van der Waals surface area contributed by atoms with Crippen LogP contribution in [0.15, 0.2) is 53.4 Å². The molecule has 0 bridgehead atoms. The summed E-state index contributed by atoms with van der Waals surface area (Å²) in [6.45, 7) is 3.49. The monoisotopic (exact) mass is 531 g/mol. The van der Waals surface area contributed by atoms with E-state index in [2.05, 4.69) is 14.7 Å². The molecule has 9 nitrogen and oxygen atoms in total. The van der Waals surface area contributed by atoms with E-state index in [1.165, 1.54) is 49.5 Å². The van der Waals surface area contributed by atoms with E-state index < -0.39 is 30.5 Å². The van der Waals surface area contributed by atoms with Crippen molar-refractivity contribution in [3.63, 3.8) is 0 Å². The van der Waals surface area contributed by atoms with Gasteiger partial charge in [-0.1, -0.05) is 23.2 Å². The summed E-state index contributed by atoms with van der Waals surface area (Å²) in [4.78, 5) is 8.56. The molecule has 2 N–H and O–H groups in total. The van der Waals surface area contributed by atoms with Crippen molar-refractivity contribution >= 4 is 60.7 Å². The zero-order valence-corrected chi connectivity index (χ0v) is 21.0. The van der Waals surface area contributed by atoms with Gasteiger partial charge in [0.2, 0.25) is 5.88 Å². The molecule has 1 unspecified atom stereocenters. The first-order valence-electron chi connectivity index (χ1n) is 9.42. The van der Waals surface area contributed by atoms with Crippen LogP contribution in [0.25, 0.3) is 0 Å². The normalized spacial score (nSPS) is 14.0. The van der Waals surface area contributed by atoms with Crippen LogP contribution >= 0.6 is 23.2 Å². The number of aryl methyl sites for hydroxylation is 2. The quantitative estimate of drug-likeness (QED) is 0.343. The summed E-state index contributed by atoms with van der Waals surface area (Å²) in [7, 11) is -6.90. The van der Waals surface area contributed by atoms with Gasteiger partial charge in [-0.05, 0) is 50.2 Å². The molecule has 2 aromatic carbocycles. The molecule has 33 heavy (non-hydrogen) atoms. The van der Waals surface area contributed by atoms with Crippen molar-refractivity contribution in [1.29, 1.82) is 0 Å². The van der Waals surface area contributed by atoms with E-state index in [1.54, 1.807) is 19.9 Å². The molecule has 0 aliphatic rings. The van der Waals surface area contributed by atoms with Gasteiger partial charge in [0.15, 0.2) is 0 Å². The van der Waals surface area contributed by atoms with Crippen LogP contribution in [0.4, 0.5) is 17.3 Å². The van der Waals surface area contributed by atoms with Crippen LogP contribution in [0.3, 0.4) is 0 Å². The summed E-state index contributed by atoms with van der Waals surface area (Å²) in [6.07, 6.45) is 0. The Morgan fingerprint density at radius 1 is 0.939 bits per heavy atom. The molecule has 0 spiro atoms. The van der Waals surface area contributed by atoms with Crippen molar-refractivity contribution in [2.24, 2.45) is 0 Å². The van der Waals surface area contributed by atoms with E-state index in [1.807, 2.05) is 0 Å². The largest absolute Gasteiger partial charge is 0.335 e. The molecule has 1 atom stereocenters. The van der Waals surface area contributed by atoms with Crippen molar-refractivity contribution in [3.05, 3.63) is 70.0 Å². The highest BCUT2D eigenvalue weighted by atomic mass is 35.5. The fraction of sp³-hybridized carbons (Fsp3) is 0.200. The van der Waals surface area contributed by atoms with E-state index in [4.69, 9.17) is 23.2 Å². The Bertz CT molecular complexity index is 1390. The van der Waals surface area contributed by atoms with Gasteiger partial charge in [0.25, 0.3) is 10.0 Å². The third-order valence-electron chi connectivity index (χ3n) is 4.71. The Hall–Kier alpha value is -2.28. The number of hydrogen-bond acceptors (Lipinski definition) is 6. The highest BCUT2D eigenvalue weighted by Gasteiger charge is 2.37. The first-order valence-corrected chi connectivity index (χ1v) is 13.3. The zero-order valence-electron chi connectivity index (χ0n) is 17.8. The van der Waals surface area contributed by atoms with Crippen molar-refractivity contribution in [2.45, 2.75) is 18.7 Å². The standard InChI is InChI=1S/C20H20Cl2N4O5S2/c1-13-10-14(2)24-20(23-13)26(3,12-32(27,28)29)17-7-5-16(6-8-17)25-33(30,31)19-9-4-15(21)11-18(19)22/h4-11,25H,12H2,1-3H3/p+1. The van der Waals surface area contributed by atoms with Gasteiger partial charge in [0.1, 0.15) is 10.6 Å². The van der Waals surface area contributed by atoms with E-state index in [0.29, 0.717) is 22.1 Å². The average Bonchev–Trinajstić information content (AvgIpc) is 2.65. The zero-order chi connectivity index (χ0) is 24.6. The smallest absolute Gasteiger partial charge is 0.281 e. The number of benzene rings is 2. The minimum atomic E-state index is -4.43. The van der Waals surface area contributed by atoms with E-state index in [-0.39, 0.29) is 21.6 Å². The molecule has 0 aliphatic carbocycles. The van der Waals surface area contributed by atoms with Gasteiger partial charge in [0.05, 0.1) is 12.1 Å². The molecular formula is C20H21Cl2N4O5S2+. The van der Waals surface area contributed by atoms with Crippen molar-refractivity contribution in [2.75, 3.05) is 17.6 Å². The van der Waals surface area contributed by atoms with Gasteiger partial charge in [-0.15, -0.1) is 0 Å². The van der Waals surface area contributed by atoms with Gasteiger partial charge < -0.3 is 0 Å². The number of aromatic nitrogens is 2. The first kappa shape index (κ1) is 25.3. The molecule has 0 fully saturated rings. The third-order valence-corrected chi connectivity index (χ3v) is 7.65. The van der Waals surface area contributed by atoms with Gasteiger partial charge >= 0.3 is 16.1 Å². The Kier molecular flexibility index (Phi) is 7.04. The van der Waals surface area contributed by atoms with Crippen LogP contribution in [0, 0.1) is 13.8 Å². The van der Waals surface area contributed by atoms with Crippen LogP contribution in [-0.2, 0) is 20.1 Å². The van der Waals surface area contributed by atoms with E-state index in [9.17, 15) is 21.4 Å². The lowest BCUT2D eigenvalue weighted by Crippen LogP contribution is -2.45. The highest BCUT2D eigenvalue weighted by molar-refractivity contribution is 7.92. The second-order valence-corrected chi connectivity index (χ2v) is 11.5. The fourth-order valence-electron chi connectivity index (χ4n) is 3.26. The van der Waals surface area contributed by atoms with Crippen LogP contribution in [0.1, 0.15) is 11.4 Å². The second-order valence-electron chi connectivity index (χ2n) is 7.58. The first-order chi connectivity index (χ1) is 15.2. The number of anilines is 1. The van der Waals surface area contributed by atoms with Gasteiger partial charge in [-0.2, -0.15) is 18.4 Å². The third kappa shape index (κ3) is 5.99. The summed E-state index contributed by atoms with van der Waals surface area (Å²) in [5.74, 6) is -0.562. The molecule has 0 saturated heterocycles. The summed E-state index contributed by atoms with van der Waals surface area (Å²) in [5.41, 5.74) is 1.87. The average molecular weight is 532 g/mol. The van der Waals surface area contributed by atoms with E-state index in [0.717, 1.165) is 0 Å². The fourth-order valence-corrected chi connectivity index (χ4v) is 6.01. The van der Waals surface area contributed by atoms with Crippen LogP contribution in [0.5, 0.6) is 0 Å². The summed E-state index contributed by atoms with van der Waals surface area (Å²) in [5, 5.41) is 0.267. The van der Waals surface area contributed by atoms with E-state index >= 15 is 0 Å². The Morgan fingerprint density at radius 2 is 1.52 bits per heavy atom. The number of sulfonamides is 1. The molecule has 3 aromatic rings. The number of rotatable bonds is 7. The molecule has 13 heteroatoms. The number of quaternary nitrogens is 1. The Morgan fingerprint density at radius 3 is 2.03 bits per heavy atom. The topological polar surface area (TPSA) is 126 Å². The Balaban J connectivity index is 2.00. The number of hydrogen-bond donors (Lipinski definition) is 2. The van der Waals surface area contributed by atoms with Crippen LogP contribution in [0.2, 0.25) is 10.0 Å². The molecular weight excluding hydrogens is 511 g/mol. The highest BCUT2D eigenvalue weighted by Crippen LogP contribution is 2.33. The molecule has 1 heterocycles. The number of nitrogens with one attached hydrogen (secondary N) is 1. The molecule has 1 aromatic heterocycles. The minimum absolute atomic E-state index is 0.0315. The van der Waals surface area contributed by atoms with Crippen molar-refractivity contribution in [1.82, 2.24) is 14.5 Å². The summed E-state index contributed by atoms with van der Waals surface area (Å²) < 4.78 is 60.6. The number of nitrogens with zero attached hydrogens (tertiary/aromatic N) is 3. The maximum absolute atomic E-state index is 12.7. The predicted molar refractivity (Wildman–Crippen MR) is 129 cm³/mol. The van der Waals surface area contributed by atoms with Gasteiger partial charge in [-0.3, -0.25) is 9.27 Å². The maximum Gasteiger partial charge on any atom is 0.335 e. The summed E-state index contributed by atoms with van der Waals surface area (Å²) in [6, 6.07) is 11.7. The lowest BCUT2D eigenvalue weighted by Gasteiger charge is -2.30. The molecule has 0 radical (unpaired) electrons. The molecule has 176 valence electrons. The van der Waals surface area contributed by atoms with Gasteiger partial charge in [-0.25, -0.2) is 12.9 Å².